The molecule has 4 heterocycles. The summed E-state index contributed by atoms with van der Waals surface area (Å²) in [4.78, 5) is 71.7. The van der Waals surface area contributed by atoms with Gasteiger partial charge >= 0.3 is 12.2 Å². The minimum Gasteiger partial charge on any atom is -0.496 e. The summed E-state index contributed by atoms with van der Waals surface area (Å²) >= 11 is 0. The van der Waals surface area contributed by atoms with Gasteiger partial charge in [-0.15, -0.1) is 0 Å². The van der Waals surface area contributed by atoms with Crippen LogP contribution in [0, 0.1) is 11.8 Å². The molecular weight excluding hydrogens is 741 g/mol. The van der Waals surface area contributed by atoms with Crippen molar-refractivity contribution in [3.63, 3.8) is 0 Å². The molecule has 4 atom stereocenters. The van der Waals surface area contributed by atoms with Gasteiger partial charge in [0.15, 0.2) is 0 Å². The molecule has 0 bridgehead atoms. The van der Waals surface area contributed by atoms with Crippen LogP contribution in [0.1, 0.15) is 77.1 Å². The lowest BCUT2D eigenvalue weighted by Gasteiger charge is -2.29. The van der Waals surface area contributed by atoms with Crippen molar-refractivity contribution in [2.75, 3.05) is 34.4 Å². The van der Waals surface area contributed by atoms with E-state index in [1.807, 2.05) is 80.0 Å². The summed E-state index contributed by atoms with van der Waals surface area (Å²) in [5.74, 6) is 1.58. The maximum absolute atomic E-state index is 13.7. The highest BCUT2D eigenvalue weighted by atomic mass is 16.5. The van der Waals surface area contributed by atoms with Crippen LogP contribution < -0.4 is 15.4 Å². The summed E-state index contributed by atoms with van der Waals surface area (Å²) in [6.45, 7) is 8.75. The fourth-order valence-corrected chi connectivity index (χ4v) is 8.22. The third-order valence-electron chi connectivity index (χ3n) is 11.3. The number of ether oxygens (including phenoxy) is 3. The number of carbonyl (C=O) groups is 4. The molecule has 15 nitrogen and oxygen atoms in total. The first kappa shape index (κ1) is 40.1. The van der Waals surface area contributed by atoms with Gasteiger partial charge in [-0.05, 0) is 84.5 Å². The van der Waals surface area contributed by atoms with E-state index in [0.29, 0.717) is 30.5 Å². The second-order valence-corrected chi connectivity index (χ2v) is 15.7. The van der Waals surface area contributed by atoms with Crippen LogP contribution in [0.15, 0.2) is 54.6 Å². The fraction of sp³-hybridized carbons (Fsp3) is 0.442. The molecule has 0 aliphatic carbocycles. The Hall–Kier alpha value is -6.12. The number of hydrogen-bond acceptors (Lipinski definition) is 9. The van der Waals surface area contributed by atoms with E-state index < -0.39 is 24.3 Å². The number of amides is 4. The van der Waals surface area contributed by atoms with E-state index in [1.165, 1.54) is 14.2 Å². The first-order valence-electron chi connectivity index (χ1n) is 19.9. The maximum Gasteiger partial charge on any atom is 0.407 e. The monoisotopic (exact) mass is 792 g/mol. The van der Waals surface area contributed by atoms with Gasteiger partial charge in [-0.1, -0.05) is 52.0 Å². The number of benzene rings is 3. The zero-order chi connectivity index (χ0) is 41.2. The molecule has 2 aromatic heterocycles. The van der Waals surface area contributed by atoms with Gasteiger partial charge in [-0.25, -0.2) is 19.6 Å². The Morgan fingerprint density at radius 2 is 1.10 bits per heavy atom. The molecule has 2 aliphatic rings. The number of methoxy groups -OCH3 is 3. The molecule has 0 unspecified atom stereocenters. The van der Waals surface area contributed by atoms with E-state index in [2.05, 4.69) is 32.7 Å². The minimum absolute atomic E-state index is 0.120. The average Bonchev–Trinajstić information content (AvgIpc) is 4.05. The predicted molar refractivity (Wildman–Crippen MR) is 219 cm³/mol. The molecule has 0 saturated carbocycles. The standard InChI is InChI=1S/C43H52N8O7/c1-23(2)36(48-42(54)57-6)40(52)50-18-8-10-33(50)38-44-29-16-13-25(20-31(29)46-38)26-12-15-28(35(22-26)56-5)27-14-17-30-32(21-27)47-39(45-30)34-11-9-19-51(34)41(53)37(24(3)4)49-43(55)58-7/h12-17,20-24,33-34,36-37H,8-11,18-19H2,1-7H3,(H,44,46)(H,45,47)(H,48,54)(H,49,55)/t33-,34-,36-,37-/m0/s1. The van der Waals surface area contributed by atoms with E-state index in [1.54, 1.807) is 7.11 Å². The van der Waals surface area contributed by atoms with Crippen LogP contribution in [-0.4, -0.2) is 100 Å². The average molecular weight is 793 g/mol. The van der Waals surface area contributed by atoms with Crippen molar-refractivity contribution in [3.8, 4) is 28.0 Å². The number of nitrogens with one attached hydrogen (secondary N) is 4. The van der Waals surface area contributed by atoms with Crippen molar-refractivity contribution in [2.45, 2.75) is 77.5 Å². The van der Waals surface area contributed by atoms with Crippen molar-refractivity contribution in [1.29, 1.82) is 0 Å². The molecule has 4 N–H and O–H groups in total. The van der Waals surface area contributed by atoms with E-state index in [-0.39, 0.29) is 35.7 Å². The van der Waals surface area contributed by atoms with Gasteiger partial charge in [0.05, 0.1) is 55.5 Å². The Morgan fingerprint density at radius 1 is 0.655 bits per heavy atom. The highest BCUT2D eigenvalue weighted by molar-refractivity contribution is 5.89. The number of hydrogen-bond donors (Lipinski definition) is 4. The molecule has 0 radical (unpaired) electrons. The topological polar surface area (TPSA) is 184 Å². The van der Waals surface area contributed by atoms with Crippen LogP contribution in [0.2, 0.25) is 0 Å². The van der Waals surface area contributed by atoms with Crippen molar-refractivity contribution in [1.82, 2.24) is 40.4 Å². The van der Waals surface area contributed by atoms with Crippen LogP contribution in [0.5, 0.6) is 5.75 Å². The van der Waals surface area contributed by atoms with Crippen LogP contribution in [-0.2, 0) is 19.1 Å². The lowest BCUT2D eigenvalue weighted by atomic mass is 9.98. The first-order valence-corrected chi connectivity index (χ1v) is 19.9. The van der Waals surface area contributed by atoms with E-state index in [0.717, 1.165) is 70.0 Å². The molecule has 4 amide bonds. The van der Waals surface area contributed by atoms with Crippen molar-refractivity contribution in [2.24, 2.45) is 11.8 Å². The molecule has 7 rings (SSSR count). The molecule has 2 fully saturated rings. The molecule has 3 aromatic carbocycles. The second-order valence-electron chi connectivity index (χ2n) is 15.7. The quantitative estimate of drug-likeness (QED) is 0.111. The minimum atomic E-state index is -0.708. The van der Waals surface area contributed by atoms with Crippen LogP contribution in [0.25, 0.3) is 44.3 Å². The molecular formula is C43H52N8O7. The summed E-state index contributed by atoms with van der Waals surface area (Å²) in [5, 5.41) is 5.41. The Bertz CT molecular complexity index is 2330. The summed E-state index contributed by atoms with van der Waals surface area (Å²) in [6.07, 6.45) is 1.92. The number of imidazole rings is 2. The summed E-state index contributed by atoms with van der Waals surface area (Å²) in [7, 11) is 4.23. The van der Waals surface area contributed by atoms with Gasteiger partial charge in [0.1, 0.15) is 29.5 Å². The number of nitrogens with zero attached hydrogens (tertiary/aromatic N) is 4. The summed E-state index contributed by atoms with van der Waals surface area (Å²) in [6, 6.07) is 16.3. The maximum atomic E-state index is 13.7. The van der Waals surface area contributed by atoms with E-state index in [9.17, 15) is 19.2 Å². The smallest absolute Gasteiger partial charge is 0.407 e. The first-order chi connectivity index (χ1) is 27.9. The Morgan fingerprint density at radius 3 is 1.57 bits per heavy atom. The molecule has 15 heteroatoms. The summed E-state index contributed by atoms with van der Waals surface area (Å²) in [5.41, 5.74) is 7.06. The third kappa shape index (κ3) is 7.89. The van der Waals surface area contributed by atoms with Gasteiger partial charge in [0.25, 0.3) is 0 Å². The zero-order valence-corrected chi connectivity index (χ0v) is 34.0. The number of aromatic amines is 2. The Labute approximate surface area is 337 Å². The van der Waals surface area contributed by atoms with Gasteiger partial charge in [0.2, 0.25) is 11.8 Å². The third-order valence-corrected chi connectivity index (χ3v) is 11.3. The predicted octanol–water partition coefficient (Wildman–Crippen LogP) is 6.87. The van der Waals surface area contributed by atoms with E-state index >= 15 is 0 Å². The molecule has 2 aliphatic heterocycles. The number of carbonyl (C=O) groups excluding carboxylic acids is 4. The second kappa shape index (κ2) is 16.8. The fourth-order valence-electron chi connectivity index (χ4n) is 8.22. The molecule has 2 saturated heterocycles. The number of fused-ring (bicyclic) bond motifs is 2. The van der Waals surface area contributed by atoms with Crippen molar-refractivity contribution >= 4 is 46.1 Å². The number of likely N-dealkylation sites (tertiary alicyclic amines) is 2. The summed E-state index contributed by atoms with van der Waals surface area (Å²) < 4.78 is 15.5. The molecule has 0 spiro atoms. The van der Waals surface area contributed by atoms with Gasteiger partial charge in [-0.3, -0.25) is 9.59 Å². The SMILES string of the molecule is COC(=O)N[C@H](C(=O)N1CCC[C@H]1c1nc2ccc(-c3ccc(-c4ccc5nc([C@@H]6CCCN6C(=O)[C@@H](NC(=O)OC)C(C)C)[nH]c5c4)c(OC)c3)cc2[nH]1)C(C)C. The molecule has 306 valence electrons. The van der Waals surface area contributed by atoms with Crippen molar-refractivity contribution < 1.29 is 33.4 Å². The van der Waals surface area contributed by atoms with Crippen molar-refractivity contribution in [3.05, 3.63) is 66.2 Å². The largest absolute Gasteiger partial charge is 0.496 e. The van der Waals surface area contributed by atoms with E-state index in [4.69, 9.17) is 24.2 Å². The number of aromatic nitrogens is 4. The highest BCUT2D eigenvalue weighted by Crippen LogP contribution is 2.38. The van der Waals surface area contributed by atoms with Crippen LogP contribution >= 0.6 is 0 Å². The Balaban J connectivity index is 1.11. The van der Waals surface area contributed by atoms with Gasteiger partial charge < -0.3 is 44.6 Å². The highest BCUT2D eigenvalue weighted by Gasteiger charge is 2.39. The van der Waals surface area contributed by atoms with Crippen LogP contribution in [0.3, 0.4) is 0 Å². The molecule has 58 heavy (non-hydrogen) atoms. The van der Waals surface area contributed by atoms with Gasteiger partial charge in [-0.2, -0.15) is 0 Å². The van der Waals surface area contributed by atoms with Crippen LogP contribution in [0.4, 0.5) is 9.59 Å². The Kier molecular flexibility index (Phi) is 11.6. The lowest BCUT2D eigenvalue weighted by molar-refractivity contribution is -0.136. The van der Waals surface area contributed by atoms with Gasteiger partial charge in [0, 0.05) is 18.7 Å². The lowest BCUT2D eigenvalue weighted by Crippen LogP contribution is -2.51. The number of rotatable bonds is 11. The normalized spacial score (nSPS) is 17.9. The number of H-pyrrole nitrogens is 2. The number of alkyl carbamates (subject to hydrolysis) is 2. The zero-order valence-electron chi connectivity index (χ0n) is 34.0. The molecule has 5 aromatic rings.